The molecule has 1 N–H and O–H groups in total. The zero-order chi connectivity index (χ0) is 19.4. The molecule has 1 fully saturated rings. The first kappa shape index (κ1) is 18.9. The molecule has 7 nitrogen and oxygen atoms in total. The van der Waals surface area contributed by atoms with Crippen LogP contribution in [0.4, 0.5) is 0 Å². The second-order valence-electron chi connectivity index (χ2n) is 6.77. The summed E-state index contributed by atoms with van der Waals surface area (Å²) in [4.78, 5) is 43.5. The number of aryl methyl sites for hydroxylation is 1. The number of amides is 2. The van der Waals surface area contributed by atoms with Gasteiger partial charge in [-0.25, -0.2) is 0 Å². The van der Waals surface area contributed by atoms with Gasteiger partial charge in [0, 0.05) is 49.2 Å². The van der Waals surface area contributed by atoms with Crippen molar-refractivity contribution in [2.45, 2.75) is 26.2 Å². The van der Waals surface area contributed by atoms with Gasteiger partial charge in [-0.2, -0.15) is 0 Å². The Morgan fingerprint density at radius 1 is 1.04 bits per heavy atom. The molecule has 2 aromatic rings. The molecular weight excluding hydrogens is 346 g/mol. The number of carbonyl (C=O) groups excluding carboxylic acids is 3. The molecule has 0 spiro atoms. The maximum atomic E-state index is 13.1. The number of nitrogens with one attached hydrogen (secondary N) is 1. The highest BCUT2D eigenvalue weighted by atomic mass is 16.5. The number of nitrogens with zero attached hydrogens (tertiary/aromatic N) is 2. The fourth-order valence-electron chi connectivity index (χ4n) is 3.55. The minimum absolute atomic E-state index is 0.00573. The van der Waals surface area contributed by atoms with Crippen molar-refractivity contribution < 1.29 is 19.1 Å². The Labute approximate surface area is 158 Å². The molecule has 1 aliphatic heterocycles. The Morgan fingerprint density at radius 3 is 2.52 bits per heavy atom. The highest BCUT2D eigenvalue weighted by molar-refractivity contribution is 6.08. The smallest absolute Gasteiger partial charge is 0.306 e. The van der Waals surface area contributed by atoms with Crippen molar-refractivity contribution in [3.05, 3.63) is 35.5 Å². The number of rotatable bonds is 4. The van der Waals surface area contributed by atoms with Gasteiger partial charge in [0.05, 0.1) is 19.1 Å². The van der Waals surface area contributed by atoms with Gasteiger partial charge in [-0.3, -0.25) is 14.4 Å². The Morgan fingerprint density at radius 2 is 1.74 bits per heavy atom. The maximum Gasteiger partial charge on any atom is 0.306 e. The first-order valence-electron chi connectivity index (χ1n) is 9.22. The Hall–Kier alpha value is -2.83. The number of para-hydroxylation sites is 1. The number of hydrogen-bond donors (Lipinski definition) is 1. The van der Waals surface area contributed by atoms with Gasteiger partial charge >= 0.3 is 5.97 Å². The summed E-state index contributed by atoms with van der Waals surface area (Å²) in [6.45, 7) is 4.08. The number of aromatic amines is 1. The van der Waals surface area contributed by atoms with Crippen LogP contribution in [0.15, 0.2) is 24.3 Å². The zero-order valence-electron chi connectivity index (χ0n) is 15.8. The van der Waals surface area contributed by atoms with E-state index in [1.807, 2.05) is 36.1 Å². The van der Waals surface area contributed by atoms with E-state index < -0.39 is 0 Å². The number of H-pyrrole nitrogens is 1. The average molecular weight is 371 g/mol. The predicted molar refractivity (Wildman–Crippen MR) is 101 cm³/mol. The van der Waals surface area contributed by atoms with Crippen molar-refractivity contribution in [3.8, 4) is 0 Å². The third-order valence-corrected chi connectivity index (χ3v) is 5.01. The van der Waals surface area contributed by atoms with E-state index in [-0.39, 0.29) is 30.6 Å². The third kappa shape index (κ3) is 4.13. The van der Waals surface area contributed by atoms with Crippen LogP contribution in [-0.2, 0) is 14.3 Å². The zero-order valence-corrected chi connectivity index (χ0v) is 15.8. The molecule has 144 valence electrons. The summed E-state index contributed by atoms with van der Waals surface area (Å²) in [6.07, 6.45) is 0.947. The van der Waals surface area contributed by atoms with Crippen LogP contribution in [0, 0.1) is 6.92 Å². The molecule has 1 aromatic carbocycles. The van der Waals surface area contributed by atoms with Crippen molar-refractivity contribution in [1.82, 2.24) is 14.8 Å². The molecule has 0 bridgehead atoms. The number of aromatic nitrogens is 1. The van der Waals surface area contributed by atoms with E-state index in [2.05, 4.69) is 9.72 Å². The summed E-state index contributed by atoms with van der Waals surface area (Å²) in [5.41, 5.74) is 2.51. The van der Waals surface area contributed by atoms with Gasteiger partial charge in [0.15, 0.2) is 0 Å². The second-order valence-corrected chi connectivity index (χ2v) is 6.77. The van der Waals surface area contributed by atoms with E-state index in [1.54, 1.807) is 4.90 Å². The molecule has 3 rings (SSSR count). The number of benzene rings is 1. The number of carbonyl (C=O) groups is 3. The van der Waals surface area contributed by atoms with Crippen molar-refractivity contribution >= 4 is 28.7 Å². The molecule has 0 radical (unpaired) electrons. The highest BCUT2D eigenvalue weighted by Crippen LogP contribution is 2.24. The Balaban J connectivity index is 1.67. The molecule has 7 heteroatoms. The molecule has 0 unspecified atom stereocenters. The largest absolute Gasteiger partial charge is 0.469 e. The fourth-order valence-corrected chi connectivity index (χ4v) is 3.55. The molecule has 1 aromatic heterocycles. The minimum Gasteiger partial charge on any atom is -0.469 e. The van der Waals surface area contributed by atoms with Crippen LogP contribution >= 0.6 is 0 Å². The highest BCUT2D eigenvalue weighted by Gasteiger charge is 2.25. The van der Waals surface area contributed by atoms with Crippen LogP contribution in [0.25, 0.3) is 10.9 Å². The number of esters is 1. The SMILES string of the molecule is COC(=O)CCC(=O)N1CCCN(C(=O)c2c(C)[nH]c3ccccc23)CC1. The van der Waals surface area contributed by atoms with Crippen LogP contribution in [0.2, 0.25) is 0 Å². The molecular formula is C20H25N3O4. The van der Waals surface area contributed by atoms with Crippen molar-refractivity contribution in [1.29, 1.82) is 0 Å². The van der Waals surface area contributed by atoms with Gasteiger partial charge < -0.3 is 19.5 Å². The molecule has 1 aliphatic rings. The van der Waals surface area contributed by atoms with E-state index in [9.17, 15) is 14.4 Å². The van der Waals surface area contributed by atoms with Gasteiger partial charge in [-0.05, 0) is 19.4 Å². The normalized spacial score (nSPS) is 14.9. The van der Waals surface area contributed by atoms with Crippen LogP contribution in [0.5, 0.6) is 0 Å². The first-order chi connectivity index (χ1) is 13.0. The lowest BCUT2D eigenvalue weighted by molar-refractivity contribution is -0.143. The Kier molecular flexibility index (Phi) is 5.78. The van der Waals surface area contributed by atoms with Crippen molar-refractivity contribution in [2.75, 3.05) is 33.3 Å². The van der Waals surface area contributed by atoms with E-state index in [1.165, 1.54) is 7.11 Å². The topological polar surface area (TPSA) is 82.7 Å². The molecule has 27 heavy (non-hydrogen) atoms. The van der Waals surface area contributed by atoms with E-state index in [0.29, 0.717) is 31.7 Å². The lowest BCUT2D eigenvalue weighted by Gasteiger charge is -2.22. The molecule has 0 aliphatic carbocycles. The van der Waals surface area contributed by atoms with Crippen molar-refractivity contribution in [2.24, 2.45) is 0 Å². The van der Waals surface area contributed by atoms with Gasteiger partial charge in [0.1, 0.15) is 0 Å². The molecule has 0 atom stereocenters. The number of hydrogen-bond acceptors (Lipinski definition) is 4. The van der Waals surface area contributed by atoms with E-state index in [0.717, 1.165) is 23.0 Å². The average Bonchev–Trinajstić information content (AvgIpc) is 2.84. The van der Waals surface area contributed by atoms with Crippen LogP contribution < -0.4 is 0 Å². The number of methoxy groups -OCH3 is 1. The lowest BCUT2D eigenvalue weighted by atomic mass is 10.1. The van der Waals surface area contributed by atoms with E-state index >= 15 is 0 Å². The van der Waals surface area contributed by atoms with Gasteiger partial charge in [0.2, 0.25) is 5.91 Å². The minimum atomic E-state index is -0.384. The molecule has 1 saturated heterocycles. The standard InChI is InChI=1S/C20H25N3O4/c1-14-19(15-6-3-4-7-16(15)21-14)20(26)23-11-5-10-22(12-13-23)17(24)8-9-18(25)27-2/h3-4,6-7,21H,5,8-13H2,1-2H3. The summed E-state index contributed by atoms with van der Waals surface area (Å²) in [5, 5.41) is 0.926. The summed E-state index contributed by atoms with van der Waals surface area (Å²) in [5.74, 6) is -0.462. The lowest BCUT2D eigenvalue weighted by Crippen LogP contribution is -2.37. The third-order valence-electron chi connectivity index (χ3n) is 5.01. The Bertz CT molecular complexity index is 858. The van der Waals surface area contributed by atoms with Gasteiger partial charge in [0.25, 0.3) is 5.91 Å². The first-order valence-corrected chi connectivity index (χ1v) is 9.22. The number of ether oxygens (including phenoxy) is 1. The molecule has 2 amide bonds. The fraction of sp³-hybridized carbons (Fsp3) is 0.450. The van der Waals surface area contributed by atoms with Crippen LogP contribution in [0.3, 0.4) is 0 Å². The maximum absolute atomic E-state index is 13.1. The van der Waals surface area contributed by atoms with Gasteiger partial charge in [-0.1, -0.05) is 18.2 Å². The van der Waals surface area contributed by atoms with Gasteiger partial charge in [-0.15, -0.1) is 0 Å². The number of fused-ring (bicyclic) bond motifs is 1. The summed E-state index contributed by atoms with van der Waals surface area (Å²) < 4.78 is 4.58. The van der Waals surface area contributed by atoms with Crippen molar-refractivity contribution in [3.63, 3.8) is 0 Å². The summed E-state index contributed by atoms with van der Waals surface area (Å²) in [6, 6.07) is 7.78. The quantitative estimate of drug-likeness (QED) is 0.835. The monoisotopic (exact) mass is 371 g/mol. The van der Waals surface area contributed by atoms with Crippen LogP contribution in [0.1, 0.15) is 35.3 Å². The van der Waals surface area contributed by atoms with Crippen LogP contribution in [-0.4, -0.2) is 65.9 Å². The second kappa shape index (κ2) is 8.24. The predicted octanol–water partition coefficient (Wildman–Crippen LogP) is 2.10. The molecule has 2 heterocycles. The summed E-state index contributed by atoms with van der Waals surface area (Å²) in [7, 11) is 1.31. The molecule has 0 saturated carbocycles. The summed E-state index contributed by atoms with van der Waals surface area (Å²) >= 11 is 0. The van der Waals surface area contributed by atoms with E-state index in [4.69, 9.17) is 0 Å².